The lowest BCUT2D eigenvalue weighted by atomic mass is 9.98. The van der Waals surface area contributed by atoms with Crippen LogP contribution in [0.3, 0.4) is 0 Å². The minimum atomic E-state index is -4.48. The fraction of sp³-hybridized carbons (Fsp3) is 0.130. The third-order valence-electron chi connectivity index (χ3n) is 5.91. The van der Waals surface area contributed by atoms with Crippen molar-refractivity contribution in [2.24, 2.45) is 7.05 Å². The van der Waals surface area contributed by atoms with E-state index in [1.807, 2.05) is 53.3 Å². The second kappa shape index (κ2) is 5.14. The lowest BCUT2D eigenvalue weighted by Crippen LogP contribution is -2.30. The summed E-state index contributed by atoms with van der Waals surface area (Å²) in [5.41, 5.74) is 3.93. The molecule has 0 spiro atoms. The van der Waals surface area contributed by atoms with Crippen LogP contribution in [0.1, 0.15) is 11.1 Å². The largest absolute Gasteiger partial charge is 0.417 e. The molecule has 0 aliphatic rings. The van der Waals surface area contributed by atoms with Crippen LogP contribution in [0.5, 0.6) is 0 Å². The van der Waals surface area contributed by atoms with E-state index < -0.39 is 11.7 Å². The van der Waals surface area contributed by atoms with Gasteiger partial charge in [0.15, 0.2) is 5.52 Å². The normalized spacial score (nSPS) is 13.0. The smallest absolute Gasteiger partial charge is 0.308 e. The minimum absolute atomic E-state index is 0.238. The third-order valence-corrected chi connectivity index (χ3v) is 5.91. The predicted octanol–water partition coefficient (Wildman–Crippen LogP) is 5.54. The van der Waals surface area contributed by atoms with Gasteiger partial charge in [-0.1, -0.05) is 30.3 Å². The summed E-state index contributed by atoms with van der Waals surface area (Å²) in [7, 11) is 1.89. The van der Waals surface area contributed by atoms with E-state index in [2.05, 4.69) is 4.98 Å². The lowest BCUT2D eigenvalue weighted by molar-refractivity contribution is -0.646. The van der Waals surface area contributed by atoms with Crippen molar-refractivity contribution in [3.05, 3.63) is 66.0 Å². The van der Waals surface area contributed by atoms with E-state index in [1.165, 1.54) is 6.07 Å². The maximum atomic E-state index is 14.1. The summed E-state index contributed by atoms with van der Waals surface area (Å²) in [5, 5.41) is 2.62. The average molecular weight is 390 g/mol. The maximum absolute atomic E-state index is 14.1. The molecule has 3 heterocycles. The van der Waals surface area contributed by atoms with Crippen molar-refractivity contribution >= 4 is 49.1 Å². The molecule has 3 nitrogen and oxygen atoms in total. The van der Waals surface area contributed by atoms with Gasteiger partial charge in [-0.2, -0.15) is 13.2 Å². The molecule has 0 bridgehead atoms. The summed E-state index contributed by atoms with van der Waals surface area (Å²) < 4.78 is 46.2. The van der Waals surface area contributed by atoms with E-state index >= 15 is 0 Å². The average Bonchev–Trinajstić information content (AvgIpc) is 3.03. The fourth-order valence-electron chi connectivity index (χ4n) is 4.79. The Labute approximate surface area is 162 Å². The SMILES string of the molecule is Cc1cccc2c1c1c3c(cc(C(F)(F)F)c4c5ccccc5n2c43)nc[n+]1C. The molecule has 0 saturated carbocycles. The van der Waals surface area contributed by atoms with Gasteiger partial charge in [-0.25, -0.2) is 4.57 Å². The van der Waals surface area contributed by atoms with E-state index in [0.717, 1.165) is 32.9 Å². The summed E-state index contributed by atoms with van der Waals surface area (Å²) in [6.07, 6.45) is -2.88. The van der Waals surface area contributed by atoms with Crippen molar-refractivity contribution in [3.63, 3.8) is 0 Å². The second-order valence-electron chi connectivity index (χ2n) is 7.57. The van der Waals surface area contributed by atoms with Gasteiger partial charge in [0.2, 0.25) is 0 Å². The van der Waals surface area contributed by atoms with Crippen LogP contribution in [0.15, 0.2) is 54.9 Å². The summed E-state index contributed by atoms with van der Waals surface area (Å²) in [4.78, 5) is 4.36. The van der Waals surface area contributed by atoms with Gasteiger partial charge in [-0.15, -0.1) is 0 Å². The Bertz CT molecular complexity index is 1610. The molecule has 0 atom stereocenters. The number of benzene rings is 3. The lowest BCUT2D eigenvalue weighted by Gasteiger charge is -2.15. The molecule has 0 unspecified atom stereocenters. The molecule has 6 rings (SSSR count). The second-order valence-corrected chi connectivity index (χ2v) is 7.57. The van der Waals surface area contributed by atoms with E-state index in [-0.39, 0.29) is 5.39 Å². The van der Waals surface area contributed by atoms with Gasteiger partial charge in [0.05, 0.1) is 34.5 Å². The number of pyridine rings is 1. The number of alkyl halides is 3. The monoisotopic (exact) mass is 390 g/mol. The quantitative estimate of drug-likeness (QED) is 0.190. The van der Waals surface area contributed by atoms with Gasteiger partial charge in [0.25, 0.3) is 6.33 Å². The number of fused-ring (bicyclic) bond motifs is 6. The van der Waals surface area contributed by atoms with E-state index in [4.69, 9.17) is 0 Å². The highest BCUT2D eigenvalue weighted by Gasteiger charge is 2.37. The van der Waals surface area contributed by atoms with Crippen molar-refractivity contribution < 1.29 is 17.7 Å². The molecule has 0 radical (unpaired) electrons. The van der Waals surface area contributed by atoms with Gasteiger partial charge >= 0.3 is 6.18 Å². The van der Waals surface area contributed by atoms with E-state index in [1.54, 1.807) is 18.5 Å². The standard InChI is InChI=1S/C23H15F3N3/c1-12-6-5-9-17-18(12)21-20-15(27-11-28(21)2)10-14(23(24,25)26)19-13-7-3-4-8-16(13)29(17)22(19)20/h3-11H,1-2H3/q+1. The van der Waals surface area contributed by atoms with E-state index in [0.29, 0.717) is 16.4 Å². The molecule has 0 amide bonds. The number of hydrogen-bond donors (Lipinski definition) is 0. The summed E-state index contributed by atoms with van der Waals surface area (Å²) in [5.74, 6) is 0. The van der Waals surface area contributed by atoms with Crippen LogP contribution in [-0.2, 0) is 13.2 Å². The van der Waals surface area contributed by atoms with Crippen LogP contribution in [0.4, 0.5) is 13.2 Å². The third kappa shape index (κ3) is 1.93. The Balaban J connectivity index is 2.13. The highest BCUT2D eigenvalue weighted by Crippen LogP contribution is 2.45. The molecule has 0 saturated heterocycles. The first-order valence-corrected chi connectivity index (χ1v) is 9.30. The van der Waals surface area contributed by atoms with Crippen molar-refractivity contribution in [2.75, 3.05) is 0 Å². The number of aryl methyl sites for hydroxylation is 2. The summed E-state index contributed by atoms with van der Waals surface area (Å²) in [6, 6.07) is 14.5. The predicted molar refractivity (Wildman–Crippen MR) is 107 cm³/mol. The van der Waals surface area contributed by atoms with Crippen molar-refractivity contribution in [1.82, 2.24) is 9.38 Å². The van der Waals surface area contributed by atoms with Gasteiger partial charge in [-0.3, -0.25) is 0 Å². The van der Waals surface area contributed by atoms with Crippen LogP contribution in [0, 0.1) is 6.92 Å². The van der Waals surface area contributed by atoms with Crippen LogP contribution < -0.4 is 4.57 Å². The highest BCUT2D eigenvalue weighted by atomic mass is 19.4. The number of para-hydroxylation sites is 1. The van der Waals surface area contributed by atoms with Crippen LogP contribution in [-0.4, -0.2) is 9.38 Å². The number of nitrogens with zero attached hydrogens (tertiary/aromatic N) is 3. The van der Waals surface area contributed by atoms with Crippen molar-refractivity contribution in [3.8, 4) is 0 Å². The Morgan fingerprint density at radius 3 is 2.48 bits per heavy atom. The molecule has 0 aliphatic carbocycles. The zero-order chi connectivity index (χ0) is 20.1. The van der Waals surface area contributed by atoms with E-state index in [9.17, 15) is 13.2 Å². The molecular formula is C23H15F3N3+. The zero-order valence-electron chi connectivity index (χ0n) is 15.7. The Kier molecular flexibility index (Phi) is 2.93. The number of aromatic nitrogens is 3. The van der Waals surface area contributed by atoms with Crippen LogP contribution in [0.2, 0.25) is 0 Å². The molecule has 29 heavy (non-hydrogen) atoms. The first-order valence-electron chi connectivity index (χ1n) is 9.30. The number of hydrogen-bond acceptors (Lipinski definition) is 1. The summed E-state index contributed by atoms with van der Waals surface area (Å²) in [6.45, 7) is 2.03. The first-order chi connectivity index (χ1) is 13.9. The van der Waals surface area contributed by atoms with Gasteiger partial charge in [0, 0.05) is 22.2 Å². The molecule has 6 heteroatoms. The molecular weight excluding hydrogens is 375 g/mol. The zero-order valence-corrected chi connectivity index (χ0v) is 15.7. The maximum Gasteiger partial charge on any atom is 0.417 e. The number of rotatable bonds is 0. The minimum Gasteiger partial charge on any atom is -0.308 e. The van der Waals surface area contributed by atoms with Crippen LogP contribution >= 0.6 is 0 Å². The first kappa shape index (κ1) is 16.5. The summed E-state index contributed by atoms with van der Waals surface area (Å²) >= 11 is 0. The molecule has 0 N–H and O–H groups in total. The van der Waals surface area contributed by atoms with Crippen molar-refractivity contribution in [2.45, 2.75) is 13.1 Å². The Hall–Kier alpha value is -3.41. The number of halogens is 3. The van der Waals surface area contributed by atoms with Gasteiger partial charge in [0.1, 0.15) is 5.52 Å². The molecule has 142 valence electrons. The Morgan fingerprint density at radius 1 is 0.931 bits per heavy atom. The highest BCUT2D eigenvalue weighted by molar-refractivity contribution is 6.27. The molecule has 3 aromatic carbocycles. The van der Waals surface area contributed by atoms with Crippen LogP contribution in [0.25, 0.3) is 49.1 Å². The fourth-order valence-corrected chi connectivity index (χ4v) is 4.79. The molecule has 0 fully saturated rings. The molecule has 0 aliphatic heterocycles. The Morgan fingerprint density at radius 2 is 1.69 bits per heavy atom. The van der Waals surface area contributed by atoms with Crippen molar-refractivity contribution in [1.29, 1.82) is 0 Å². The van der Waals surface area contributed by atoms with Gasteiger partial charge < -0.3 is 4.40 Å². The van der Waals surface area contributed by atoms with Gasteiger partial charge in [-0.05, 0) is 29.6 Å². The molecule has 6 aromatic rings. The molecule has 3 aromatic heterocycles. The topological polar surface area (TPSA) is 21.2 Å².